The minimum absolute atomic E-state index is 0.0130. The minimum atomic E-state index is 0.0130. The zero-order valence-electron chi connectivity index (χ0n) is 32.9. The lowest BCUT2D eigenvalue weighted by atomic mass is 9.29. The van der Waals surface area contributed by atoms with Crippen molar-refractivity contribution in [3.8, 4) is 0 Å². The van der Waals surface area contributed by atoms with Crippen molar-refractivity contribution in [3.05, 3.63) is 235 Å². The number of fused-ring (bicyclic) bond motifs is 8. The van der Waals surface area contributed by atoms with Gasteiger partial charge < -0.3 is 14.7 Å². The SMILES string of the molecule is c1ccc(C2c3ccccc3B3c4cc5c(cc4N(c4ccccc4)c4cccc2c43)B2c3ccccc3N(c3ccccc3)c3cccc(c32)N5c2ccccc2)cc1. The third-order valence-electron chi connectivity index (χ3n) is 13.4. The van der Waals surface area contributed by atoms with E-state index >= 15 is 0 Å². The van der Waals surface area contributed by atoms with Crippen LogP contribution in [0.3, 0.4) is 0 Å². The van der Waals surface area contributed by atoms with Crippen LogP contribution in [0.2, 0.25) is 0 Å². The summed E-state index contributed by atoms with van der Waals surface area (Å²) in [5.41, 5.74) is 23.0. The molecule has 9 aromatic carbocycles. The van der Waals surface area contributed by atoms with Crippen LogP contribution in [0.1, 0.15) is 22.6 Å². The van der Waals surface area contributed by atoms with E-state index in [0.717, 1.165) is 17.1 Å². The van der Waals surface area contributed by atoms with Gasteiger partial charge in [-0.05, 0) is 117 Å². The maximum atomic E-state index is 2.57. The second-order valence-electron chi connectivity index (χ2n) is 16.4. The molecule has 0 amide bonds. The van der Waals surface area contributed by atoms with Crippen LogP contribution in [-0.4, -0.2) is 13.4 Å². The number of anilines is 9. The van der Waals surface area contributed by atoms with Crippen LogP contribution in [-0.2, 0) is 0 Å². The van der Waals surface area contributed by atoms with Gasteiger partial charge in [-0.1, -0.05) is 151 Å². The lowest BCUT2D eigenvalue weighted by Gasteiger charge is -2.46. The molecule has 0 N–H and O–H groups in total. The Hall–Kier alpha value is -7.49. The van der Waals surface area contributed by atoms with Crippen LogP contribution in [0.15, 0.2) is 218 Å². The van der Waals surface area contributed by atoms with Crippen molar-refractivity contribution in [2.24, 2.45) is 0 Å². The fourth-order valence-electron chi connectivity index (χ4n) is 11.1. The van der Waals surface area contributed by atoms with Gasteiger partial charge in [-0.15, -0.1) is 0 Å². The van der Waals surface area contributed by atoms with E-state index in [4.69, 9.17) is 0 Å². The Morgan fingerprint density at radius 1 is 0.283 bits per heavy atom. The molecule has 0 radical (unpaired) electrons. The van der Waals surface area contributed by atoms with Crippen LogP contribution in [0.25, 0.3) is 0 Å². The third kappa shape index (κ3) is 4.69. The van der Waals surface area contributed by atoms with E-state index in [1.54, 1.807) is 0 Å². The zero-order valence-corrected chi connectivity index (χ0v) is 32.9. The molecule has 0 bridgehead atoms. The molecule has 4 aliphatic rings. The molecule has 3 nitrogen and oxygen atoms in total. The largest absolute Gasteiger partial charge is 0.312 e. The molecule has 1 atom stereocenters. The maximum absolute atomic E-state index is 2.57. The summed E-state index contributed by atoms with van der Waals surface area (Å²) in [7, 11) is 0. The monoisotopic (exact) mass is 761 g/mol. The summed E-state index contributed by atoms with van der Waals surface area (Å²) >= 11 is 0. The summed E-state index contributed by atoms with van der Waals surface area (Å²) in [4.78, 5) is 7.56. The van der Waals surface area contributed by atoms with Crippen molar-refractivity contribution in [1.29, 1.82) is 0 Å². The Bertz CT molecular complexity index is 2920. The van der Waals surface area contributed by atoms with Crippen LogP contribution < -0.4 is 47.5 Å². The number of hydrogen-bond acceptors (Lipinski definition) is 3. The molecule has 0 aliphatic carbocycles. The highest BCUT2D eigenvalue weighted by molar-refractivity contribution is 7.02. The highest BCUT2D eigenvalue weighted by Gasteiger charge is 2.48. The normalized spacial score (nSPS) is 15.0. The molecule has 278 valence electrons. The Labute approximate surface area is 351 Å². The van der Waals surface area contributed by atoms with E-state index in [9.17, 15) is 0 Å². The average Bonchev–Trinajstić information content (AvgIpc) is 3.32. The fourth-order valence-corrected chi connectivity index (χ4v) is 11.1. The number of hydrogen-bond donors (Lipinski definition) is 0. The Balaban J connectivity index is 1.14. The molecule has 0 spiro atoms. The molecule has 0 saturated heterocycles. The second-order valence-corrected chi connectivity index (χ2v) is 16.4. The number of para-hydroxylation sites is 4. The Kier molecular flexibility index (Phi) is 7.26. The van der Waals surface area contributed by atoms with Crippen molar-refractivity contribution < 1.29 is 0 Å². The molecule has 1 unspecified atom stereocenters. The van der Waals surface area contributed by atoms with E-state index < -0.39 is 0 Å². The predicted octanol–water partition coefficient (Wildman–Crippen LogP) is 9.56. The van der Waals surface area contributed by atoms with Crippen molar-refractivity contribution in [3.63, 3.8) is 0 Å². The lowest BCUT2D eigenvalue weighted by Crippen LogP contribution is -2.64. The zero-order chi connectivity index (χ0) is 39.3. The fraction of sp³-hybridized carbons (Fsp3) is 0.0182. The quantitative estimate of drug-likeness (QED) is 0.166. The summed E-state index contributed by atoms with van der Waals surface area (Å²) in [6.07, 6.45) is 0. The standard InChI is InChI=1S/C55H37B2N3/c1-5-19-37(20-6-1)53-41-27-13-14-29-43(41)56-45-35-52-46(36-51(45)59(39-23-9-3-10-24-39)48-32-17-28-42(53)54(48)56)57-44-30-15-16-31-47(44)58(38-21-7-2-8-22-38)49-33-18-34-50(55(49)57)60(52)40-25-11-4-12-26-40/h1-36,53H. The maximum Gasteiger partial charge on any atom is 0.252 e. The predicted molar refractivity (Wildman–Crippen MR) is 254 cm³/mol. The first-order valence-corrected chi connectivity index (χ1v) is 21.1. The van der Waals surface area contributed by atoms with Gasteiger partial charge in [0.1, 0.15) is 0 Å². The molecule has 0 aromatic heterocycles. The number of rotatable bonds is 4. The Morgan fingerprint density at radius 3 is 1.27 bits per heavy atom. The molecular formula is C55H37B2N3. The first-order chi connectivity index (χ1) is 29.8. The number of nitrogens with zero attached hydrogens (tertiary/aromatic N) is 3. The summed E-state index contributed by atoms with van der Waals surface area (Å²) in [6.45, 7) is 0.0595. The first-order valence-electron chi connectivity index (χ1n) is 21.1. The van der Waals surface area contributed by atoms with E-state index in [-0.39, 0.29) is 19.3 Å². The van der Waals surface area contributed by atoms with Crippen molar-refractivity contribution in [2.75, 3.05) is 14.7 Å². The molecule has 13 rings (SSSR count). The highest BCUT2D eigenvalue weighted by Crippen LogP contribution is 2.47. The van der Waals surface area contributed by atoms with Crippen LogP contribution in [0.5, 0.6) is 0 Å². The smallest absolute Gasteiger partial charge is 0.252 e. The molecule has 4 heterocycles. The van der Waals surface area contributed by atoms with Crippen molar-refractivity contribution in [1.82, 2.24) is 0 Å². The van der Waals surface area contributed by atoms with Gasteiger partial charge in [-0.25, -0.2) is 0 Å². The van der Waals surface area contributed by atoms with E-state index in [2.05, 4.69) is 233 Å². The molecule has 0 fully saturated rings. The summed E-state index contributed by atoms with van der Waals surface area (Å²) in [5, 5.41) is 0. The van der Waals surface area contributed by atoms with Gasteiger partial charge >= 0.3 is 0 Å². The molecule has 5 heteroatoms. The van der Waals surface area contributed by atoms with Crippen LogP contribution in [0.4, 0.5) is 51.2 Å². The molecular weight excluding hydrogens is 724 g/mol. The van der Waals surface area contributed by atoms with Gasteiger partial charge in [0.05, 0.1) is 0 Å². The van der Waals surface area contributed by atoms with Crippen LogP contribution >= 0.6 is 0 Å². The molecule has 0 saturated carbocycles. The topological polar surface area (TPSA) is 9.72 Å². The van der Waals surface area contributed by atoms with Crippen LogP contribution in [0, 0.1) is 0 Å². The van der Waals surface area contributed by atoms with Gasteiger partial charge in [0.25, 0.3) is 6.71 Å². The third-order valence-corrected chi connectivity index (χ3v) is 13.4. The van der Waals surface area contributed by atoms with Crippen molar-refractivity contribution in [2.45, 2.75) is 5.92 Å². The summed E-state index contributed by atoms with van der Waals surface area (Å²) < 4.78 is 0. The van der Waals surface area contributed by atoms with E-state index in [0.29, 0.717) is 0 Å². The Morgan fingerprint density at radius 2 is 0.683 bits per heavy atom. The van der Waals surface area contributed by atoms with Gasteiger partial charge in [0.15, 0.2) is 0 Å². The summed E-state index contributed by atoms with van der Waals surface area (Å²) in [5.74, 6) is 0.128. The molecule has 9 aromatic rings. The van der Waals surface area contributed by atoms with Gasteiger partial charge in [-0.3, -0.25) is 0 Å². The summed E-state index contributed by atoms with van der Waals surface area (Å²) in [6, 6.07) is 81.3. The van der Waals surface area contributed by atoms with Crippen molar-refractivity contribution >= 4 is 97.4 Å². The van der Waals surface area contributed by atoms with E-state index in [1.807, 2.05) is 0 Å². The number of benzene rings is 9. The average molecular weight is 762 g/mol. The highest BCUT2D eigenvalue weighted by atomic mass is 15.2. The lowest BCUT2D eigenvalue weighted by molar-refractivity contribution is 0.984. The van der Waals surface area contributed by atoms with Gasteiger partial charge in [0, 0.05) is 57.1 Å². The minimum Gasteiger partial charge on any atom is -0.312 e. The second kappa shape index (κ2) is 13.0. The molecule has 4 aliphatic heterocycles. The van der Waals surface area contributed by atoms with Gasteiger partial charge in [0.2, 0.25) is 6.71 Å². The first kappa shape index (κ1) is 33.5. The van der Waals surface area contributed by atoms with Gasteiger partial charge in [-0.2, -0.15) is 0 Å². The molecule has 60 heavy (non-hydrogen) atoms. The van der Waals surface area contributed by atoms with E-state index in [1.165, 1.54) is 83.6 Å².